The molecule has 2 heterocycles. The third-order valence-corrected chi connectivity index (χ3v) is 4.20. The van der Waals surface area contributed by atoms with Crippen LogP contribution in [0.4, 0.5) is 0 Å². The minimum absolute atomic E-state index is 0.167. The lowest BCUT2D eigenvalue weighted by Gasteiger charge is -2.15. The minimum atomic E-state index is -1.24. The van der Waals surface area contributed by atoms with Gasteiger partial charge in [0, 0.05) is 35.5 Å². The van der Waals surface area contributed by atoms with E-state index >= 15 is 0 Å². The number of carbonyl (C=O) groups is 1. The maximum Gasteiger partial charge on any atom is 0.395 e. The summed E-state index contributed by atoms with van der Waals surface area (Å²) in [5, 5.41) is 17.1. The first kappa shape index (κ1) is 18.6. The van der Waals surface area contributed by atoms with Gasteiger partial charge in [0.2, 0.25) is 0 Å². The summed E-state index contributed by atoms with van der Waals surface area (Å²) in [5.41, 5.74) is 2.62. The summed E-state index contributed by atoms with van der Waals surface area (Å²) in [6, 6.07) is 5.04. The number of hydrogen-bond donors (Lipinski definition) is 2. The van der Waals surface area contributed by atoms with E-state index in [1.54, 1.807) is 25.1 Å². The molecule has 0 atom stereocenters. The van der Waals surface area contributed by atoms with Crippen LogP contribution in [0.2, 0.25) is 10.0 Å². The molecule has 0 bridgehead atoms. The molecule has 3 aromatic rings. The minimum Gasteiger partial charge on any atom is -0.475 e. The summed E-state index contributed by atoms with van der Waals surface area (Å²) in [5.74, 6) is -1.43. The third kappa shape index (κ3) is 3.52. The molecule has 0 saturated heterocycles. The van der Waals surface area contributed by atoms with Gasteiger partial charge in [-0.05, 0) is 25.1 Å². The molecule has 0 aliphatic rings. The number of aromatic nitrogens is 4. The quantitative estimate of drug-likeness (QED) is 0.490. The Morgan fingerprint density at radius 1 is 1.38 bits per heavy atom. The lowest BCUT2D eigenvalue weighted by atomic mass is 10.0. The Bertz CT molecular complexity index is 995. The lowest BCUT2D eigenvalue weighted by Crippen LogP contribution is -2.22. The predicted octanol–water partition coefficient (Wildman–Crippen LogP) is 2.37. The van der Waals surface area contributed by atoms with E-state index in [0.29, 0.717) is 33.5 Å². The van der Waals surface area contributed by atoms with Gasteiger partial charge < -0.3 is 15.0 Å². The van der Waals surface area contributed by atoms with Crippen LogP contribution in [0.3, 0.4) is 0 Å². The zero-order valence-electron chi connectivity index (χ0n) is 13.8. The smallest absolute Gasteiger partial charge is 0.395 e. The van der Waals surface area contributed by atoms with Gasteiger partial charge in [0.1, 0.15) is 0 Å². The van der Waals surface area contributed by atoms with E-state index in [1.165, 1.54) is 19.2 Å². The highest BCUT2D eigenvalue weighted by Crippen LogP contribution is 2.33. The normalized spacial score (nSPS) is 11.1. The maximum atomic E-state index is 11.3. The maximum absolute atomic E-state index is 11.3. The summed E-state index contributed by atoms with van der Waals surface area (Å²) >= 11 is 12.4. The molecule has 1 radical (unpaired) electrons. The fraction of sp³-hybridized carbons (Fsp3) is 0.200. The van der Waals surface area contributed by atoms with Crippen molar-refractivity contribution in [3.63, 3.8) is 0 Å². The van der Waals surface area contributed by atoms with Crippen molar-refractivity contribution in [2.24, 2.45) is 0 Å². The van der Waals surface area contributed by atoms with Crippen molar-refractivity contribution in [2.75, 3.05) is 7.11 Å². The number of nitrogens with zero attached hydrogens (tertiary/aromatic N) is 4. The fourth-order valence-corrected chi connectivity index (χ4v) is 3.03. The second-order valence-corrected chi connectivity index (χ2v) is 6.18. The van der Waals surface area contributed by atoms with Gasteiger partial charge in [0.05, 0.1) is 10.7 Å². The number of nitrogens with one attached hydrogen (secondary N) is 1. The molecular formula is C15H13BCl2N5O3. The molecule has 1 aromatic carbocycles. The Kier molecular flexibility index (Phi) is 5.42. The number of aromatic carboxylic acids is 1. The van der Waals surface area contributed by atoms with E-state index in [4.69, 9.17) is 27.9 Å². The Balaban J connectivity index is 2.29. The van der Waals surface area contributed by atoms with E-state index in [-0.39, 0.29) is 11.6 Å². The molecule has 8 nitrogen and oxygen atoms in total. The number of benzene rings is 1. The van der Waals surface area contributed by atoms with Gasteiger partial charge in [-0.15, -0.1) is 5.10 Å². The van der Waals surface area contributed by atoms with E-state index in [0.717, 1.165) is 5.56 Å². The SMILES string of the molecule is CO[B]NCc1c(C)nc2nc(C(=O)O)nn2c1-c1ccc(Cl)cc1Cl. The van der Waals surface area contributed by atoms with Gasteiger partial charge in [-0.1, -0.05) is 23.2 Å². The molecule has 0 aliphatic heterocycles. The van der Waals surface area contributed by atoms with E-state index < -0.39 is 5.97 Å². The van der Waals surface area contributed by atoms with E-state index in [2.05, 4.69) is 20.3 Å². The Labute approximate surface area is 159 Å². The number of hydrogen-bond acceptors (Lipinski definition) is 6. The van der Waals surface area contributed by atoms with Crippen LogP contribution >= 0.6 is 23.2 Å². The van der Waals surface area contributed by atoms with Gasteiger partial charge >= 0.3 is 13.6 Å². The largest absolute Gasteiger partial charge is 0.475 e. The Morgan fingerprint density at radius 2 is 2.15 bits per heavy atom. The monoisotopic (exact) mass is 392 g/mol. The number of halogens is 2. The second kappa shape index (κ2) is 7.59. The van der Waals surface area contributed by atoms with E-state index in [1.807, 2.05) is 0 Å². The number of fused-ring (bicyclic) bond motifs is 1. The van der Waals surface area contributed by atoms with Crippen molar-refractivity contribution in [2.45, 2.75) is 13.5 Å². The summed E-state index contributed by atoms with van der Waals surface area (Å²) < 4.78 is 6.27. The van der Waals surface area contributed by atoms with Crippen LogP contribution < -0.4 is 5.23 Å². The van der Waals surface area contributed by atoms with Gasteiger partial charge in [-0.3, -0.25) is 0 Å². The van der Waals surface area contributed by atoms with E-state index in [9.17, 15) is 9.90 Å². The van der Waals surface area contributed by atoms with Crippen LogP contribution in [-0.4, -0.2) is 45.4 Å². The molecule has 0 aliphatic carbocycles. The van der Waals surface area contributed by atoms with Crippen LogP contribution in [0.5, 0.6) is 0 Å². The number of carboxylic acid groups (broad SMARTS) is 1. The van der Waals surface area contributed by atoms with Crippen molar-refractivity contribution >= 4 is 42.6 Å². The van der Waals surface area contributed by atoms with Crippen LogP contribution in [0.1, 0.15) is 21.9 Å². The first-order valence-corrected chi connectivity index (χ1v) is 8.20. The average Bonchev–Trinajstić information content (AvgIpc) is 3.00. The van der Waals surface area contributed by atoms with Gasteiger partial charge in [0.25, 0.3) is 11.6 Å². The zero-order valence-corrected chi connectivity index (χ0v) is 15.3. The molecule has 0 amide bonds. The molecule has 11 heteroatoms. The van der Waals surface area contributed by atoms with Gasteiger partial charge in [-0.25, -0.2) is 9.78 Å². The number of aryl methyl sites for hydroxylation is 1. The predicted molar refractivity (Wildman–Crippen MR) is 97.5 cm³/mol. The molecule has 133 valence electrons. The molecule has 2 N–H and O–H groups in total. The van der Waals surface area contributed by atoms with Crippen molar-refractivity contribution in [1.29, 1.82) is 0 Å². The highest BCUT2D eigenvalue weighted by molar-refractivity contribution is 6.36. The second-order valence-electron chi connectivity index (χ2n) is 5.34. The number of rotatable bonds is 6. The van der Waals surface area contributed by atoms with Crippen molar-refractivity contribution in [3.8, 4) is 11.3 Å². The van der Waals surface area contributed by atoms with Crippen LogP contribution in [-0.2, 0) is 11.2 Å². The first-order valence-electron chi connectivity index (χ1n) is 7.45. The summed E-state index contributed by atoms with van der Waals surface area (Å²) in [6.07, 6.45) is 0. The van der Waals surface area contributed by atoms with Crippen LogP contribution in [0.15, 0.2) is 18.2 Å². The molecule has 0 saturated carbocycles. The summed E-state index contributed by atoms with van der Waals surface area (Å²) in [6.45, 7) is 2.16. The standard InChI is InChI=1S/C15H13BCl2N5O3/c1-7-10(6-19-16-26-2)12(9-4-3-8(17)5-11(9)18)23-15(20-7)21-13(22-23)14(24)25/h3-5,19H,6H2,1-2H3,(H,24,25). The first-order chi connectivity index (χ1) is 12.4. The van der Waals surface area contributed by atoms with Crippen molar-refractivity contribution in [1.82, 2.24) is 24.8 Å². The summed E-state index contributed by atoms with van der Waals surface area (Å²) in [4.78, 5) is 19.6. The van der Waals surface area contributed by atoms with Crippen LogP contribution in [0.25, 0.3) is 17.0 Å². The average molecular weight is 393 g/mol. The molecule has 2 aromatic heterocycles. The van der Waals surface area contributed by atoms with Crippen LogP contribution in [0, 0.1) is 6.92 Å². The fourth-order valence-electron chi connectivity index (χ4n) is 2.53. The molecule has 26 heavy (non-hydrogen) atoms. The van der Waals surface area contributed by atoms with Crippen molar-refractivity contribution < 1.29 is 14.6 Å². The lowest BCUT2D eigenvalue weighted by molar-refractivity contribution is 0.0684. The highest BCUT2D eigenvalue weighted by Gasteiger charge is 2.21. The Hall–Kier alpha value is -2.20. The van der Waals surface area contributed by atoms with Gasteiger partial charge in [-0.2, -0.15) is 9.50 Å². The molecule has 0 fully saturated rings. The zero-order chi connectivity index (χ0) is 18.8. The highest BCUT2D eigenvalue weighted by atomic mass is 35.5. The number of carboxylic acids is 1. The molecule has 0 spiro atoms. The molecule has 0 unspecified atom stereocenters. The third-order valence-electron chi connectivity index (χ3n) is 3.65. The van der Waals surface area contributed by atoms with Gasteiger partial charge in [0.15, 0.2) is 0 Å². The molecule has 3 rings (SSSR count). The van der Waals surface area contributed by atoms with Crippen molar-refractivity contribution in [3.05, 3.63) is 45.3 Å². The Morgan fingerprint density at radius 3 is 2.81 bits per heavy atom. The summed E-state index contributed by atoms with van der Waals surface area (Å²) in [7, 11) is 2.95. The molecular weight excluding hydrogens is 380 g/mol. The topological polar surface area (TPSA) is 102 Å².